The SMILES string of the molecule is CCCc1cncc(OCc2nnc(C3CC3)o2)c1. The molecule has 0 spiro atoms. The normalized spacial score (nSPS) is 14.6. The Balaban J connectivity index is 1.59. The summed E-state index contributed by atoms with van der Waals surface area (Å²) in [5.41, 5.74) is 1.18. The molecule has 2 aromatic heterocycles. The molecular weight excluding hydrogens is 242 g/mol. The first-order chi connectivity index (χ1) is 9.35. The molecule has 0 saturated heterocycles. The molecule has 0 N–H and O–H groups in total. The fourth-order valence-corrected chi connectivity index (χ4v) is 1.93. The summed E-state index contributed by atoms with van der Waals surface area (Å²) in [4.78, 5) is 4.17. The first-order valence-electron chi connectivity index (χ1n) is 6.74. The second kappa shape index (κ2) is 5.38. The molecule has 0 aromatic carbocycles. The van der Waals surface area contributed by atoms with E-state index in [1.807, 2.05) is 12.3 Å². The quantitative estimate of drug-likeness (QED) is 0.798. The fourth-order valence-electron chi connectivity index (χ4n) is 1.93. The molecule has 5 heteroatoms. The Kier molecular flexibility index (Phi) is 3.44. The summed E-state index contributed by atoms with van der Waals surface area (Å²) >= 11 is 0. The van der Waals surface area contributed by atoms with Crippen molar-refractivity contribution in [3.8, 4) is 5.75 Å². The van der Waals surface area contributed by atoms with Crippen LogP contribution >= 0.6 is 0 Å². The maximum Gasteiger partial charge on any atom is 0.253 e. The summed E-state index contributed by atoms with van der Waals surface area (Å²) in [6, 6.07) is 2.01. The van der Waals surface area contributed by atoms with Crippen LogP contribution in [0.2, 0.25) is 0 Å². The molecule has 2 heterocycles. The molecule has 5 nitrogen and oxygen atoms in total. The van der Waals surface area contributed by atoms with Gasteiger partial charge >= 0.3 is 0 Å². The van der Waals surface area contributed by atoms with Crippen molar-refractivity contribution in [1.29, 1.82) is 0 Å². The summed E-state index contributed by atoms with van der Waals surface area (Å²) in [6.07, 6.45) is 8.00. The third-order valence-electron chi connectivity index (χ3n) is 3.08. The Bertz CT molecular complexity index is 549. The molecule has 19 heavy (non-hydrogen) atoms. The van der Waals surface area contributed by atoms with Gasteiger partial charge in [0, 0.05) is 12.1 Å². The average molecular weight is 259 g/mol. The number of aromatic nitrogens is 3. The molecule has 1 aliphatic carbocycles. The molecule has 0 radical (unpaired) electrons. The summed E-state index contributed by atoms with van der Waals surface area (Å²) < 4.78 is 11.2. The highest BCUT2D eigenvalue weighted by Crippen LogP contribution is 2.39. The van der Waals surface area contributed by atoms with Crippen LogP contribution < -0.4 is 4.74 Å². The van der Waals surface area contributed by atoms with Crippen molar-refractivity contribution >= 4 is 0 Å². The summed E-state index contributed by atoms with van der Waals surface area (Å²) in [5.74, 6) is 2.51. The Morgan fingerprint density at radius 1 is 1.32 bits per heavy atom. The molecular formula is C14H17N3O2. The number of aryl methyl sites for hydroxylation is 1. The van der Waals surface area contributed by atoms with Gasteiger partial charge in [-0.25, -0.2) is 0 Å². The van der Waals surface area contributed by atoms with Gasteiger partial charge in [-0.05, 0) is 30.9 Å². The molecule has 100 valence electrons. The van der Waals surface area contributed by atoms with E-state index in [4.69, 9.17) is 9.15 Å². The van der Waals surface area contributed by atoms with Gasteiger partial charge in [-0.15, -0.1) is 10.2 Å². The number of ether oxygens (including phenoxy) is 1. The van der Waals surface area contributed by atoms with Crippen LogP contribution in [0.25, 0.3) is 0 Å². The molecule has 3 rings (SSSR count). The van der Waals surface area contributed by atoms with Gasteiger partial charge in [0.1, 0.15) is 5.75 Å². The van der Waals surface area contributed by atoms with E-state index in [1.165, 1.54) is 5.56 Å². The second-order valence-electron chi connectivity index (χ2n) is 4.88. The highest BCUT2D eigenvalue weighted by Gasteiger charge is 2.29. The van der Waals surface area contributed by atoms with Gasteiger partial charge in [0.05, 0.1) is 6.20 Å². The maximum absolute atomic E-state index is 5.63. The fraction of sp³-hybridized carbons (Fsp3) is 0.500. The van der Waals surface area contributed by atoms with Crippen molar-refractivity contribution in [1.82, 2.24) is 15.2 Å². The van der Waals surface area contributed by atoms with Gasteiger partial charge < -0.3 is 9.15 Å². The molecule has 1 saturated carbocycles. The van der Waals surface area contributed by atoms with E-state index in [0.29, 0.717) is 18.4 Å². The van der Waals surface area contributed by atoms with Gasteiger partial charge in [-0.3, -0.25) is 4.98 Å². The van der Waals surface area contributed by atoms with Crippen molar-refractivity contribution in [3.63, 3.8) is 0 Å². The van der Waals surface area contributed by atoms with Crippen LogP contribution in [0.5, 0.6) is 5.75 Å². The zero-order valence-electron chi connectivity index (χ0n) is 11.0. The van der Waals surface area contributed by atoms with Crippen LogP contribution in [-0.2, 0) is 13.0 Å². The molecule has 2 aromatic rings. The van der Waals surface area contributed by atoms with E-state index in [2.05, 4.69) is 22.1 Å². The lowest BCUT2D eigenvalue weighted by atomic mass is 10.2. The zero-order valence-corrected chi connectivity index (χ0v) is 11.0. The van der Waals surface area contributed by atoms with Crippen molar-refractivity contribution in [3.05, 3.63) is 35.8 Å². The van der Waals surface area contributed by atoms with Crippen LogP contribution in [0.3, 0.4) is 0 Å². The molecule has 0 amide bonds. The van der Waals surface area contributed by atoms with E-state index in [0.717, 1.165) is 37.3 Å². The first-order valence-corrected chi connectivity index (χ1v) is 6.74. The Morgan fingerprint density at radius 2 is 2.21 bits per heavy atom. The largest absolute Gasteiger partial charge is 0.482 e. The smallest absolute Gasteiger partial charge is 0.253 e. The van der Waals surface area contributed by atoms with Crippen LogP contribution in [0.1, 0.15) is 49.4 Å². The van der Waals surface area contributed by atoms with Crippen molar-refractivity contribution in [2.24, 2.45) is 0 Å². The van der Waals surface area contributed by atoms with Crippen LogP contribution in [0.15, 0.2) is 22.9 Å². The third-order valence-corrected chi connectivity index (χ3v) is 3.08. The van der Waals surface area contributed by atoms with Gasteiger partial charge in [0.2, 0.25) is 5.89 Å². The van der Waals surface area contributed by atoms with Gasteiger partial charge in [0.15, 0.2) is 6.61 Å². The summed E-state index contributed by atoms with van der Waals surface area (Å²) in [6.45, 7) is 2.45. The monoisotopic (exact) mass is 259 g/mol. The number of rotatable bonds is 6. The summed E-state index contributed by atoms with van der Waals surface area (Å²) in [5, 5.41) is 8.01. The average Bonchev–Trinajstić information content (AvgIpc) is 3.17. The van der Waals surface area contributed by atoms with E-state index in [-0.39, 0.29) is 0 Å². The highest BCUT2D eigenvalue weighted by atomic mass is 16.5. The van der Waals surface area contributed by atoms with Crippen LogP contribution in [-0.4, -0.2) is 15.2 Å². The molecule has 0 atom stereocenters. The van der Waals surface area contributed by atoms with Gasteiger partial charge in [-0.1, -0.05) is 13.3 Å². The predicted octanol–water partition coefficient (Wildman–Crippen LogP) is 2.87. The van der Waals surface area contributed by atoms with Crippen molar-refractivity contribution in [2.75, 3.05) is 0 Å². The lowest BCUT2D eigenvalue weighted by Crippen LogP contribution is -1.97. The first kappa shape index (κ1) is 12.1. The standard InChI is InChI=1S/C14H17N3O2/c1-2-3-10-6-12(8-15-7-10)18-9-13-16-17-14(19-13)11-4-5-11/h6-8,11H,2-5,9H2,1H3. The van der Waals surface area contributed by atoms with E-state index in [9.17, 15) is 0 Å². The van der Waals surface area contributed by atoms with E-state index < -0.39 is 0 Å². The molecule has 0 unspecified atom stereocenters. The van der Waals surface area contributed by atoms with Gasteiger partial charge in [-0.2, -0.15) is 0 Å². The van der Waals surface area contributed by atoms with Crippen molar-refractivity contribution < 1.29 is 9.15 Å². The molecule has 0 aliphatic heterocycles. The maximum atomic E-state index is 5.63. The molecule has 0 bridgehead atoms. The number of hydrogen-bond acceptors (Lipinski definition) is 5. The van der Waals surface area contributed by atoms with E-state index in [1.54, 1.807) is 6.20 Å². The number of hydrogen-bond donors (Lipinski definition) is 0. The Morgan fingerprint density at radius 3 is 3.00 bits per heavy atom. The minimum atomic E-state index is 0.303. The second-order valence-corrected chi connectivity index (χ2v) is 4.88. The minimum Gasteiger partial charge on any atom is -0.482 e. The minimum absolute atomic E-state index is 0.303. The Hall–Kier alpha value is -1.91. The zero-order chi connectivity index (χ0) is 13.1. The third kappa shape index (κ3) is 3.10. The highest BCUT2D eigenvalue weighted by molar-refractivity contribution is 5.23. The van der Waals surface area contributed by atoms with Gasteiger partial charge in [0.25, 0.3) is 5.89 Å². The Labute approximate surface area is 112 Å². The lowest BCUT2D eigenvalue weighted by Gasteiger charge is -2.04. The lowest BCUT2D eigenvalue weighted by molar-refractivity contribution is 0.258. The van der Waals surface area contributed by atoms with Crippen LogP contribution in [0, 0.1) is 0 Å². The van der Waals surface area contributed by atoms with E-state index >= 15 is 0 Å². The number of nitrogens with zero attached hydrogens (tertiary/aromatic N) is 3. The topological polar surface area (TPSA) is 61.0 Å². The van der Waals surface area contributed by atoms with Crippen molar-refractivity contribution in [2.45, 2.75) is 45.1 Å². The summed E-state index contributed by atoms with van der Waals surface area (Å²) in [7, 11) is 0. The van der Waals surface area contributed by atoms with Crippen LogP contribution in [0.4, 0.5) is 0 Å². The number of pyridine rings is 1. The predicted molar refractivity (Wildman–Crippen MR) is 68.8 cm³/mol. The molecule has 1 fully saturated rings. The molecule has 1 aliphatic rings.